The maximum Gasteiger partial charge on any atom is 0.117 e. The van der Waals surface area contributed by atoms with Crippen molar-refractivity contribution >= 4 is 0 Å². The Morgan fingerprint density at radius 3 is 2.08 bits per heavy atom. The van der Waals surface area contributed by atoms with E-state index in [1.54, 1.807) is 0 Å². The normalized spacial score (nSPS) is 23.3. The van der Waals surface area contributed by atoms with Crippen LogP contribution in [0.3, 0.4) is 0 Å². The molecule has 0 aliphatic carbocycles. The monoisotopic (exact) mass is 195 g/mol. The van der Waals surface area contributed by atoms with E-state index in [0.717, 1.165) is 6.92 Å². The van der Waals surface area contributed by atoms with Crippen LogP contribution in [0.15, 0.2) is 0 Å². The summed E-state index contributed by atoms with van der Waals surface area (Å²) in [7, 11) is 0. The first-order chi connectivity index (χ1) is 5.87. The van der Waals surface area contributed by atoms with E-state index in [2.05, 4.69) is 0 Å². The Hall–Kier alpha value is -0.240. The summed E-state index contributed by atoms with van der Waals surface area (Å²) in [6.07, 6.45) is -4.50. The molecule has 4 atom stereocenters. The van der Waals surface area contributed by atoms with Crippen LogP contribution in [0.5, 0.6) is 0 Å². The van der Waals surface area contributed by atoms with Crippen molar-refractivity contribution < 1.29 is 25.5 Å². The molecule has 0 amide bonds. The summed E-state index contributed by atoms with van der Waals surface area (Å²) >= 11 is 0. The summed E-state index contributed by atoms with van der Waals surface area (Å²) in [5, 5.41) is 45.4. The Bertz CT molecular complexity index is 152. The van der Waals surface area contributed by atoms with Crippen LogP contribution in [-0.2, 0) is 0 Å². The molecular formula is C7H17NO5. The fourth-order valence-electron chi connectivity index (χ4n) is 0.925. The minimum Gasteiger partial charge on any atom is -0.394 e. The topological polar surface area (TPSA) is 127 Å². The zero-order valence-electron chi connectivity index (χ0n) is 7.46. The zero-order chi connectivity index (χ0) is 10.6. The van der Waals surface area contributed by atoms with Gasteiger partial charge < -0.3 is 31.3 Å². The predicted octanol–water partition coefficient (Wildman–Crippen LogP) is -3.23. The number of hydrogen-bond donors (Lipinski definition) is 6. The highest BCUT2D eigenvalue weighted by Gasteiger charge is 2.40. The van der Waals surface area contributed by atoms with E-state index in [4.69, 9.17) is 15.9 Å². The van der Waals surface area contributed by atoms with Crippen molar-refractivity contribution in [1.82, 2.24) is 0 Å². The second kappa shape index (κ2) is 4.85. The fourth-order valence-corrected chi connectivity index (χ4v) is 0.925. The van der Waals surface area contributed by atoms with Gasteiger partial charge in [-0.3, -0.25) is 0 Å². The van der Waals surface area contributed by atoms with Gasteiger partial charge in [0.15, 0.2) is 0 Å². The van der Waals surface area contributed by atoms with Crippen LogP contribution in [0, 0.1) is 0 Å². The minimum absolute atomic E-state index is 0.248. The largest absolute Gasteiger partial charge is 0.394 e. The third kappa shape index (κ3) is 2.87. The van der Waals surface area contributed by atoms with Crippen LogP contribution < -0.4 is 5.73 Å². The summed E-state index contributed by atoms with van der Waals surface area (Å²) < 4.78 is 0. The molecule has 0 bridgehead atoms. The fraction of sp³-hybridized carbons (Fsp3) is 1.00. The number of nitrogens with two attached hydrogens (primary N) is 1. The molecule has 0 rings (SSSR count). The van der Waals surface area contributed by atoms with Crippen LogP contribution in [0.2, 0.25) is 0 Å². The van der Waals surface area contributed by atoms with E-state index in [9.17, 15) is 15.3 Å². The highest BCUT2D eigenvalue weighted by Crippen LogP contribution is 2.17. The molecule has 0 saturated heterocycles. The summed E-state index contributed by atoms with van der Waals surface area (Å²) in [6.45, 7) is 0.185. The molecule has 6 nitrogen and oxygen atoms in total. The minimum atomic E-state index is -1.93. The van der Waals surface area contributed by atoms with Crippen LogP contribution >= 0.6 is 0 Å². The Balaban J connectivity index is 4.42. The van der Waals surface area contributed by atoms with E-state index in [-0.39, 0.29) is 6.54 Å². The molecule has 7 N–H and O–H groups in total. The molecule has 0 heterocycles. The Kier molecular flexibility index (Phi) is 4.76. The second-order valence-corrected chi connectivity index (χ2v) is 3.17. The lowest BCUT2D eigenvalue weighted by molar-refractivity contribution is -0.170. The van der Waals surface area contributed by atoms with E-state index in [1.165, 1.54) is 0 Å². The average molecular weight is 195 g/mol. The molecule has 0 radical (unpaired) electrons. The van der Waals surface area contributed by atoms with Crippen molar-refractivity contribution in [1.29, 1.82) is 0 Å². The molecule has 0 aromatic heterocycles. The third-order valence-electron chi connectivity index (χ3n) is 2.05. The Morgan fingerprint density at radius 1 is 1.31 bits per heavy atom. The summed E-state index contributed by atoms with van der Waals surface area (Å²) in [5.74, 6) is 0. The quantitative estimate of drug-likeness (QED) is 0.274. The SMILES string of the molecule is C[C@](O)([C@H](O)[C@H](O)CO)[C@@H](O)CN. The van der Waals surface area contributed by atoms with Gasteiger partial charge in [0.2, 0.25) is 0 Å². The smallest absolute Gasteiger partial charge is 0.117 e. The zero-order valence-corrected chi connectivity index (χ0v) is 7.46. The lowest BCUT2D eigenvalue weighted by Gasteiger charge is -2.34. The van der Waals surface area contributed by atoms with Gasteiger partial charge in [0.25, 0.3) is 0 Å². The molecule has 13 heavy (non-hydrogen) atoms. The van der Waals surface area contributed by atoms with Crippen molar-refractivity contribution in [3.8, 4) is 0 Å². The van der Waals surface area contributed by atoms with E-state index >= 15 is 0 Å². The van der Waals surface area contributed by atoms with Crippen molar-refractivity contribution in [3.63, 3.8) is 0 Å². The van der Waals surface area contributed by atoms with Gasteiger partial charge in [-0.15, -0.1) is 0 Å². The van der Waals surface area contributed by atoms with Crippen LogP contribution in [0.4, 0.5) is 0 Å². The van der Waals surface area contributed by atoms with Crippen LogP contribution in [0.1, 0.15) is 6.92 Å². The number of hydrogen-bond acceptors (Lipinski definition) is 6. The molecule has 0 aromatic rings. The standard InChI is InChI=1S/C7H17NO5/c1-7(13,5(11)2-8)6(12)4(10)3-9/h4-6,9-13H,2-3,8H2,1H3/t4-,5+,6-,7-/m1/s1. The second-order valence-electron chi connectivity index (χ2n) is 3.17. The summed E-state index contributed by atoms with van der Waals surface area (Å²) in [5.41, 5.74) is 3.14. The number of aliphatic hydroxyl groups is 5. The maximum absolute atomic E-state index is 9.50. The highest BCUT2D eigenvalue weighted by molar-refractivity contribution is 4.92. The highest BCUT2D eigenvalue weighted by atomic mass is 16.4. The van der Waals surface area contributed by atoms with E-state index < -0.39 is 30.5 Å². The van der Waals surface area contributed by atoms with E-state index in [0.29, 0.717) is 0 Å². The summed E-state index contributed by atoms with van der Waals surface area (Å²) in [6, 6.07) is 0. The molecular weight excluding hydrogens is 178 g/mol. The molecule has 0 fully saturated rings. The Labute approximate surface area is 76.2 Å². The number of rotatable bonds is 5. The molecule has 6 heteroatoms. The van der Waals surface area contributed by atoms with Gasteiger partial charge in [-0.05, 0) is 6.92 Å². The van der Waals surface area contributed by atoms with Crippen LogP contribution in [-0.4, -0.2) is 62.6 Å². The third-order valence-corrected chi connectivity index (χ3v) is 2.05. The molecule has 0 aliphatic heterocycles. The van der Waals surface area contributed by atoms with Gasteiger partial charge in [0.1, 0.15) is 17.8 Å². The van der Waals surface area contributed by atoms with Crippen LogP contribution in [0.25, 0.3) is 0 Å². The van der Waals surface area contributed by atoms with Gasteiger partial charge in [-0.25, -0.2) is 0 Å². The number of aliphatic hydroxyl groups excluding tert-OH is 4. The first-order valence-corrected chi connectivity index (χ1v) is 3.95. The average Bonchev–Trinajstić information content (AvgIpc) is 2.13. The van der Waals surface area contributed by atoms with Gasteiger partial charge in [-0.2, -0.15) is 0 Å². The van der Waals surface area contributed by atoms with Crippen molar-refractivity contribution in [2.24, 2.45) is 5.73 Å². The lowest BCUT2D eigenvalue weighted by atomic mass is 9.89. The van der Waals surface area contributed by atoms with Gasteiger partial charge in [0.05, 0.1) is 12.7 Å². The first-order valence-electron chi connectivity index (χ1n) is 3.95. The van der Waals surface area contributed by atoms with E-state index in [1.807, 2.05) is 0 Å². The molecule has 0 spiro atoms. The predicted molar refractivity (Wildman–Crippen MR) is 44.8 cm³/mol. The van der Waals surface area contributed by atoms with Gasteiger partial charge in [-0.1, -0.05) is 0 Å². The molecule has 0 saturated carbocycles. The van der Waals surface area contributed by atoms with Crippen molar-refractivity contribution in [3.05, 3.63) is 0 Å². The summed E-state index contributed by atoms with van der Waals surface area (Å²) in [4.78, 5) is 0. The maximum atomic E-state index is 9.50. The molecule has 0 unspecified atom stereocenters. The van der Waals surface area contributed by atoms with Crippen molar-refractivity contribution in [2.75, 3.05) is 13.2 Å². The molecule has 0 aromatic carbocycles. The van der Waals surface area contributed by atoms with Crippen molar-refractivity contribution in [2.45, 2.75) is 30.8 Å². The molecule has 0 aliphatic rings. The lowest BCUT2D eigenvalue weighted by Crippen LogP contribution is -2.57. The Morgan fingerprint density at radius 2 is 1.77 bits per heavy atom. The molecule has 80 valence electrons. The van der Waals surface area contributed by atoms with Gasteiger partial charge >= 0.3 is 0 Å². The van der Waals surface area contributed by atoms with Gasteiger partial charge in [0, 0.05) is 6.54 Å². The first kappa shape index (κ1) is 12.8.